The van der Waals surface area contributed by atoms with Crippen LogP contribution in [0.3, 0.4) is 0 Å². The molecular weight excluding hydrogens is 344 g/mol. The maximum atomic E-state index is 9.34. The number of imidazole rings is 1. The van der Waals surface area contributed by atoms with E-state index in [0.717, 1.165) is 28.1 Å². The Morgan fingerprint density at radius 3 is 2.39 bits per heavy atom. The van der Waals surface area contributed by atoms with Gasteiger partial charge in [-0.2, -0.15) is 14.4 Å². The number of hydrogen-bond donors (Lipinski definition) is 0. The van der Waals surface area contributed by atoms with Gasteiger partial charge in [-0.05, 0) is 41.7 Å². The predicted molar refractivity (Wildman–Crippen MR) is 111 cm³/mol. The highest BCUT2D eigenvalue weighted by Crippen LogP contribution is 2.25. The summed E-state index contributed by atoms with van der Waals surface area (Å²) in [6.45, 7) is 8.73. The minimum Gasteiger partial charge on any atom is -0.212 e. The number of aromatic nitrogens is 3. The van der Waals surface area contributed by atoms with Crippen LogP contribution in [0.5, 0.6) is 0 Å². The van der Waals surface area contributed by atoms with Gasteiger partial charge in [0, 0.05) is 12.3 Å². The molecule has 0 amide bonds. The Hall–Kier alpha value is -3.45. The van der Waals surface area contributed by atoms with Gasteiger partial charge in [-0.15, -0.1) is 0 Å². The third-order valence-corrected chi connectivity index (χ3v) is 5.08. The molecule has 0 bridgehead atoms. The number of fused-ring (bicyclic) bond motifs is 1. The summed E-state index contributed by atoms with van der Waals surface area (Å²) in [6.07, 6.45) is 3.68. The number of nitriles is 1. The minimum absolute atomic E-state index is 0.109. The lowest BCUT2D eigenvalue weighted by Crippen LogP contribution is -2.30. The highest BCUT2D eigenvalue weighted by Gasteiger charge is 2.22. The second-order valence-corrected chi connectivity index (χ2v) is 8.12. The van der Waals surface area contributed by atoms with E-state index in [2.05, 4.69) is 84.3 Å². The summed E-state index contributed by atoms with van der Waals surface area (Å²) in [4.78, 5) is 4.59. The Kier molecular flexibility index (Phi) is 4.24. The Labute approximate surface area is 165 Å². The molecule has 4 nitrogen and oxygen atoms in total. The van der Waals surface area contributed by atoms with E-state index in [0.29, 0.717) is 5.56 Å². The molecule has 0 fully saturated rings. The van der Waals surface area contributed by atoms with E-state index < -0.39 is 0 Å². The SMILES string of the molecule is Cc1ccccc1-[n+]1cn(-c2ccc(C(C)(C)C)cc2)c2ncc(C#N)cc21. The third-order valence-electron chi connectivity index (χ3n) is 5.08. The van der Waals surface area contributed by atoms with E-state index in [1.165, 1.54) is 5.56 Å². The molecule has 0 atom stereocenters. The first-order valence-corrected chi connectivity index (χ1v) is 9.38. The van der Waals surface area contributed by atoms with Crippen molar-refractivity contribution in [2.24, 2.45) is 0 Å². The summed E-state index contributed by atoms with van der Waals surface area (Å²) >= 11 is 0. The topological polar surface area (TPSA) is 45.5 Å². The smallest absolute Gasteiger partial charge is 0.212 e. The van der Waals surface area contributed by atoms with E-state index in [1.54, 1.807) is 6.20 Å². The molecule has 0 saturated carbocycles. The van der Waals surface area contributed by atoms with Gasteiger partial charge in [0.25, 0.3) is 12.0 Å². The van der Waals surface area contributed by atoms with E-state index in [1.807, 2.05) is 24.5 Å². The second kappa shape index (κ2) is 6.61. The van der Waals surface area contributed by atoms with Crippen LogP contribution >= 0.6 is 0 Å². The van der Waals surface area contributed by atoms with Crippen LogP contribution in [0.1, 0.15) is 37.5 Å². The Bertz CT molecular complexity index is 1200. The third kappa shape index (κ3) is 3.05. The first-order valence-electron chi connectivity index (χ1n) is 9.38. The van der Waals surface area contributed by atoms with Crippen molar-refractivity contribution in [2.75, 3.05) is 0 Å². The highest BCUT2D eigenvalue weighted by molar-refractivity contribution is 5.72. The number of benzene rings is 2. The number of para-hydroxylation sites is 1. The Morgan fingerprint density at radius 1 is 1.04 bits per heavy atom. The largest absolute Gasteiger partial charge is 0.274 e. The van der Waals surface area contributed by atoms with Crippen LogP contribution in [0.2, 0.25) is 0 Å². The number of hydrogen-bond acceptors (Lipinski definition) is 2. The number of pyridine rings is 1. The van der Waals surface area contributed by atoms with Gasteiger partial charge in [-0.1, -0.05) is 51.1 Å². The summed E-state index contributed by atoms with van der Waals surface area (Å²) in [7, 11) is 0. The Morgan fingerprint density at radius 2 is 1.75 bits per heavy atom. The normalized spacial score (nSPS) is 11.5. The minimum atomic E-state index is 0.109. The average molecular weight is 367 g/mol. The highest BCUT2D eigenvalue weighted by atomic mass is 15.2. The first-order chi connectivity index (χ1) is 13.4. The summed E-state index contributed by atoms with van der Waals surface area (Å²) in [5.74, 6) is 0. The zero-order valence-corrected chi connectivity index (χ0v) is 16.6. The molecular formula is C24H23N4+. The lowest BCUT2D eigenvalue weighted by Gasteiger charge is -2.18. The molecule has 0 aliphatic heterocycles. The van der Waals surface area contributed by atoms with Gasteiger partial charge in [0.15, 0.2) is 0 Å². The molecule has 0 aliphatic carbocycles. The van der Waals surface area contributed by atoms with Gasteiger partial charge in [0.05, 0.1) is 5.56 Å². The second-order valence-electron chi connectivity index (χ2n) is 8.12. The molecule has 2 aromatic heterocycles. The van der Waals surface area contributed by atoms with E-state index in [-0.39, 0.29) is 5.41 Å². The van der Waals surface area contributed by atoms with Crippen molar-refractivity contribution in [1.29, 1.82) is 5.26 Å². The van der Waals surface area contributed by atoms with Crippen LogP contribution in [0, 0.1) is 18.3 Å². The molecule has 4 heteroatoms. The fourth-order valence-electron chi connectivity index (χ4n) is 3.44. The summed E-state index contributed by atoms with van der Waals surface area (Å²) in [5.41, 5.74) is 6.97. The van der Waals surface area contributed by atoms with Gasteiger partial charge in [0.1, 0.15) is 17.4 Å². The zero-order chi connectivity index (χ0) is 19.9. The number of nitrogens with zero attached hydrogens (tertiary/aromatic N) is 4. The molecule has 0 aliphatic rings. The predicted octanol–water partition coefficient (Wildman–Crippen LogP) is 4.78. The molecule has 0 unspecified atom stereocenters. The maximum Gasteiger partial charge on any atom is 0.274 e. The lowest BCUT2D eigenvalue weighted by molar-refractivity contribution is -0.568. The molecule has 4 rings (SSSR count). The van der Waals surface area contributed by atoms with Gasteiger partial charge in [0.2, 0.25) is 5.52 Å². The summed E-state index contributed by atoms with van der Waals surface area (Å²) < 4.78 is 4.19. The standard InChI is InChI=1S/C24H23N4/c1-17-7-5-6-8-21(17)28-16-27(23-22(28)13-18(14-25)15-26-23)20-11-9-19(10-12-20)24(2,3)4/h5-13,15-16H,1-4H3/q+1. The Balaban J connectivity index is 1.95. The monoisotopic (exact) mass is 367 g/mol. The molecule has 0 saturated heterocycles. The molecule has 0 radical (unpaired) electrons. The van der Waals surface area contributed by atoms with Crippen LogP contribution in [0.15, 0.2) is 67.1 Å². The van der Waals surface area contributed by atoms with E-state index in [4.69, 9.17) is 0 Å². The fraction of sp³-hybridized carbons (Fsp3) is 0.208. The number of aryl methyl sites for hydroxylation is 1. The summed E-state index contributed by atoms with van der Waals surface area (Å²) in [6, 6.07) is 20.9. The average Bonchev–Trinajstić information content (AvgIpc) is 3.06. The van der Waals surface area contributed by atoms with Crippen LogP contribution in [-0.4, -0.2) is 9.55 Å². The van der Waals surface area contributed by atoms with Crippen molar-refractivity contribution in [3.05, 3.63) is 83.8 Å². The summed E-state index contributed by atoms with van der Waals surface area (Å²) in [5, 5.41) is 9.34. The number of rotatable bonds is 2. The van der Waals surface area contributed by atoms with Gasteiger partial charge < -0.3 is 0 Å². The van der Waals surface area contributed by atoms with Crippen molar-refractivity contribution >= 4 is 11.2 Å². The lowest BCUT2D eigenvalue weighted by atomic mass is 9.87. The quantitative estimate of drug-likeness (QED) is 0.479. The van der Waals surface area contributed by atoms with Crippen LogP contribution < -0.4 is 4.57 Å². The van der Waals surface area contributed by atoms with Gasteiger partial charge in [-0.3, -0.25) is 0 Å². The van der Waals surface area contributed by atoms with Crippen molar-refractivity contribution in [2.45, 2.75) is 33.1 Å². The van der Waals surface area contributed by atoms with Crippen molar-refractivity contribution in [1.82, 2.24) is 9.55 Å². The van der Waals surface area contributed by atoms with E-state index in [9.17, 15) is 5.26 Å². The molecule has 138 valence electrons. The van der Waals surface area contributed by atoms with E-state index >= 15 is 0 Å². The van der Waals surface area contributed by atoms with Gasteiger partial charge >= 0.3 is 0 Å². The maximum absolute atomic E-state index is 9.34. The molecule has 0 spiro atoms. The molecule has 2 aromatic carbocycles. The van der Waals surface area contributed by atoms with Crippen molar-refractivity contribution in [3.8, 4) is 17.4 Å². The van der Waals surface area contributed by atoms with Crippen LogP contribution in [0.25, 0.3) is 22.5 Å². The molecule has 4 aromatic rings. The zero-order valence-electron chi connectivity index (χ0n) is 16.6. The van der Waals surface area contributed by atoms with Gasteiger partial charge in [-0.25, -0.2) is 4.98 Å². The fourth-order valence-corrected chi connectivity index (χ4v) is 3.44. The van der Waals surface area contributed by atoms with Crippen molar-refractivity contribution < 1.29 is 4.57 Å². The van der Waals surface area contributed by atoms with Crippen molar-refractivity contribution in [3.63, 3.8) is 0 Å². The molecule has 0 N–H and O–H groups in total. The first kappa shape index (κ1) is 17.9. The van der Waals surface area contributed by atoms with Crippen LogP contribution in [0.4, 0.5) is 0 Å². The molecule has 28 heavy (non-hydrogen) atoms. The molecule has 2 heterocycles. The van der Waals surface area contributed by atoms with Crippen LogP contribution in [-0.2, 0) is 5.41 Å².